The summed E-state index contributed by atoms with van der Waals surface area (Å²) in [5.74, 6) is 3.89. The second-order valence-electron chi connectivity index (χ2n) is 12.8. The lowest BCUT2D eigenvalue weighted by molar-refractivity contribution is -0.00544. The van der Waals surface area contributed by atoms with Gasteiger partial charge in [-0.15, -0.1) is 0 Å². The Bertz CT molecular complexity index is 1330. The summed E-state index contributed by atoms with van der Waals surface area (Å²) in [6.07, 6.45) is 9.22. The van der Waals surface area contributed by atoms with Gasteiger partial charge in [-0.1, -0.05) is 11.2 Å². The van der Waals surface area contributed by atoms with Gasteiger partial charge in [0.15, 0.2) is 0 Å². The third kappa shape index (κ3) is 3.98. The SMILES string of the molecule is Cc1ccc(-c2nc(-c3ccc4c(c3)CCN4CC(N)(CO)CO)no2)cc1C12CC3CC(CC(C3)C1)C2. The predicted molar refractivity (Wildman–Crippen MR) is 147 cm³/mol. The molecule has 7 heteroatoms. The van der Waals surface area contributed by atoms with Gasteiger partial charge in [0.2, 0.25) is 5.82 Å². The Morgan fingerprint density at radius 2 is 1.68 bits per heavy atom. The van der Waals surface area contributed by atoms with Crippen molar-refractivity contribution >= 4 is 5.69 Å². The molecule has 4 N–H and O–H groups in total. The van der Waals surface area contributed by atoms with E-state index < -0.39 is 5.54 Å². The Balaban J connectivity index is 1.15. The Labute approximate surface area is 224 Å². The van der Waals surface area contributed by atoms with Gasteiger partial charge in [-0.05, 0) is 122 Å². The highest BCUT2D eigenvalue weighted by Gasteiger charge is 2.52. The van der Waals surface area contributed by atoms with Crippen molar-refractivity contribution in [3.05, 3.63) is 53.1 Å². The summed E-state index contributed by atoms with van der Waals surface area (Å²) < 4.78 is 5.81. The van der Waals surface area contributed by atoms with Crippen molar-refractivity contribution in [2.75, 3.05) is 31.2 Å². The first-order valence-corrected chi connectivity index (χ1v) is 14.2. The van der Waals surface area contributed by atoms with E-state index in [2.05, 4.69) is 47.3 Å². The highest BCUT2D eigenvalue weighted by Crippen LogP contribution is 2.61. The van der Waals surface area contributed by atoms with E-state index in [1.54, 1.807) is 0 Å². The van der Waals surface area contributed by atoms with Crippen LogP contribution in [0.3, 0.4) is 0 Å². The number of aliphatic hydroxyl groups excluding tert-OH is 2. The lowest BCUT2D eigenvalue weighted by Gasteiger charge is -2.57. The lowest BCUT2D eigenvalue weighted by atomic mass is 9.47. The van der Waals surface area contributed by atoms with Crippen LogP contribution in [0.5, 0.6) is 0 Å². The van der Waals surface area contributed by atoms with Gasteiger partial charge in [0, 0.05) is 29.9 Å². The van der Waals surface area contributed by atoms with E-state index >= 15 is 0 Å². The molecule has 2 heterocycles. The van der Waals surface area contributed by atoms with Gasteiger partial charge in [-0.3, -0.25) is 0 Å². The number of aliphatic hydroxyl groups is 2. The second kappa shape index (κ2) is 8.90. The molecule has 4 bridgehead atoms. The topological polar surface area (TPSA) is 109 Å². The summed E-state index contributed by atoms with van der Waals surface area (Å²) in [4.78, 5) is 6.95. The largest absolute Gasteiger partial charge is 0.394 e. The van der Waals surface area contributed by atoms with Gasteiger partial charge >= 0.3 is 0 Å². The van der Waals surface area contributed by atoms with Gasteiger partial charge < -0.3 is 25.4 Å². The molecule has 8 rings (SSSR count). The molecular formula is C31H38N4O3. The number of nitrogens with zero attached hydrogens (tertiary/aromatic N) is 3. The average molecular weight is 515 g/mol. The fourth-order valence-corrected chi connectivity index (χ4v) is 8.53. The monoisotopic (exact) mass is 514 g/mol. The smallest absolute Gasteiger partial charge is 0.258 e. The predicted octanol–water partition coefficient (Wildman–Crippen LogP) is 4.22. The van der Waals surface area contributed by atoms with Crippen molar-refractivity contribution in [2.24, 2.45) is 23.5 Å². The number of anilines is 1. The van der Waals surface area contributed by atoms with Crippen LogP contribution in [0.4, 0.5) is 5.69 Å². The van der Waals surface area contributed by atoms with E-state index in [4.69, 9.17) is 15.2 Å². The molecule has 200 valence electrons. The molecule has 1 aliphatic heterocycles. The minimum Gasteiger partial charge on any atom is -0.394 e. The summed E-state index contributed by atoms with van der Waals surface area (Å²) in [6, 6.07) is 12.9. The molecule has 5 aliphatic rings. The highest BCUT2D eigenvalue weighted by molar-refractivity contribution is 5.68. The van der Waals surface area contributed by atoms with Crippen LogP contribution in [0.25, 0.3) is 22.8 Å². The molecule has 2 aromatic carbocycles. The van der Waals surface area contributed by atoms with E-state index in [0.717, 1.165) is 47.5 Å². The molecule has 3 aromatic rings. The zero-order chi connectivity index (χ0) is 26.1. The molecule has 4 aliphatic carbocycles. The van der Waals surface area contributed by atoms with Crippen molar-refractivity contribution in [2.45, 2.75) is 62.8 Å². The van der Waals surface area contributed by atoms with Crippen LogP contribution in [0.15, 0.2) is 40.9 Å². The van der Waals surface area contributed by atoms with Crippen LogP contribution in [0.1, 0.15) is 55.2 Å². The van der Waals surface area contributed by atoms with Gasteiger partial charge in [0.25, 0.3) is 5.89 Å². The van der Waals surface area contributed by atoms with Crippen LogP contribution in [-0.4, -0.2) is 52.2 Å². The maximum absolute atomic E-state index is 9.61. The molecule has 38 heavy (non-hydrogen) atoms. The summed E-state index contributed by atoms with van der Waals surface area (Å²) in [5, 5.41) is 23.6. The quantitative estimate of drug-likeness (QED) is 0.433. The minimum absolute atomic E-state index is 0.261. The number of hydrogen-bond donors (Lipinski definition) is 3. The molecule has 1 aromatic heterocycles. The number of hydrogen-bond acceptors (Lipinski definition) is 7. The van der Waals surface area contributed by atoms with Crippen LogP contribution in [-0.2, 0) is 11.8 Å². The number of benzene rings is 2. The molecular weight excluding hydrogens is 476 g/mol. The Kier molecular flexibility index (Phi) is 5.69. The third-order valence-corrected chi connectivity index (χ3v) is 9.99. The van der Waals surface area contributed by atoms with Crippen molar-refractivity contribution in [1.29, 1.82) is 0 Å². The number of nitrogens with two attached hydrogens (primary N) is 1. The fraction of sp³-hybridized carbons (Fsp3) is 0.548. The minimum atomic E-state index is -1.02. The van der Waals surface area contributed by atoms with Crippen molar-refractivity contribution in [3.63, 3.8) is 0 Å². The molecule has 0 unspecified atom stereocenters. The van der Waals surface area contributed by atoms with Gasteiger partial charge in [0.05, 0.1) is 18.8 Å². The maximum Gasteiger partial charge on any atom is 0.258 e. The first kappa shape index (κ1) is 24.3. The zero-order valence-electron chi connectivity index (χ0n) is 22.2. The molecule has 0 saturated heterocycles. The summed E-state index contributed by atoms with van der Waals surface area (Å²) in [6.45, 7) is 2.94. The van der Waals surface area contributed by atoms with Crippen molar-refractivity contribution < 1.29 is 14.7 Å². The molecule has 0 radical (unpaired) electrons. The van der Waals surface area contributed by atoms with Crippen molar-refractivity contribution in [1.82, 2.24) is 10.1 Å². The Hall–Kier alpha value is -2.74. The summed E-state index contributed by atoms with van der Waals surface area (Å²) >= 11 is 0. The van der Waals surface area contributed by atoms with Crippen molar-refractivity contribution in [3.8, 4) is 22.8 Å². The third-order valence-electron chi connectivity index (χ3n) is 9.99. The average Bonchev–Trinajstić information content (AvgIpc) is 3.55. The molecule has 0 spiro atoms. The number of fused-ring (bicyclic) bond motifs is 1. The number of aromatic nitrogens is 2. The molecule has 0 amide bonds. The maximum atomic E-state index is 9.61. The lowest BCUT2D eigenvalue weighted by Crippen LogP contribution is -2.55. The van der Waals surface area contributed by atoms with Gasteiger partial charge in [-0.2, -0.15) is 4.98 Å². The number of rotatable bonds is 7. The highest BCUT2D eigenvalue weighted by atomic mass is 16.5. The molecule has 4 fully saturated rings. The van der Waals surface area contributed by atoms with Crippen LogP contribution in [0, 0.1) is 24.7 Å². The van der Waals surface area contributed by atoms with E-state index in [0.29, 0.717) is 23.7 Å². The molecule has 7 nitrogen and oxygen atoms in total. The Morgan fingerprint density at radius 3 is 2.37 bits per heavy atom. The Morgan fingerprint density at radius 1 is 1.00 bits per heavy atom. The van der Waals surface area contributed by atoms with Crippen LogP contribution >= 0.6 is 0 Å². The van der Waals surface area contributed by atoms with E-state index in [1.807, 2.05) is 6.07 Å². The molecule has 0 atom stereocenters. The summed E-state index contributed by atoms with van der Waals surface area (Å²) in [5.41, 5.74) is 12.6. The summed E-state index contributed by atoms with van der Waals surface area (Å²) in [7, 11) is 0. The second-order valence-corrected chi connectivity index (χ2v) is 12.8. The number of aryl methyl sites for hydroxylation is 1. The first-order valence-electron chi connectivity index (χ1n) is 14.2. The van der Waals surface area contributed by atoms with Crippen LogP contribution in [0.2, 0.25) is 0 Å². The van der Waals surface area contributed by atoms with E-state index in [9.17, 15) is 10.2 Å². The zero-order valence-corrected chi connectivity index (χ0v) is 22.2. The van der Waals surface area contributed by atoms with Gasteiger partial charge in [-0.25, -0.2) is 0 Å². The normalized spacial score (nSPS) is 27.8. The van der Waals surface area contributed by atoms with E-state index in [-0.39, 0.29) is 13.2 Å². The van der Waals surface area contributed by atoms with Crippen LogP contribution < -0.4 is 10.6 Å². The molecule has 4 saturated carbocycles. The fourth-order valence-electron chi connectivity index (χ4n) is 8.53. The van der Waals surface area contributed by atoms with E-state index in [1.165, 1.54) is 55.2 Å². The van der Waals surface area contributed by atoms with Gasteiger partial charge in [0.1, 0.15) is 0 Å². The standard InChI is InChI=1S/C31H38N4O3/c1-19-2-3-25(12-26(19)30-13-20-8-21(14-30)10-22(9-20)15-30)29-33-28(34-38-29)24-4-5-27-23(11-24)6-7-35(27)16-31(32,17-36)18-37/h2-5,11-12,20-22,36-37H,6-10,13-18,32H2,1H3. The first-order chi connectivity index (χ1) is 18.4.